The minimum atomic E-state index is 0.309. The van der Waals surface area contributed by atoms with Crippen LogP contribution in [0.15, 0.2) is 0 Å². The van der Waals surface area contributed by atoms with Crippen LogP contribution in [0.5, 0.6) is 0 Å². The summed E-state index contributed by atoms with van der Waals surface area (Å²) in [4.78, 5) is 14.9. The number of hydrogen-bond donors (Lipinski definition) is 2. The minimum Gasteiger partial charge on any atom is -0.354 e. The van der Waals surface area contributed by atoms with E-state index in [1.807, 2.05) is 0 Å². The van der Waals surface area contributed by atoms with Crippen LogP contribution < -0.4 is 10.6 Å². The maximum Gasteiger partial charge on any atom is 0.223 e. The molecule has 2 unspecified atom stereocenters. The largest absolute Gasteiger partial charge is 0.354 e. The number of likely N-dealkylation sites (N-methyl/N-ethyl adjacent to an activating group) is 1. The van der Waals surface area contributed by atoms with Gasteiger partial charge in [0.1, 0.15) is 0 Å². The van der Waals surface area contributed by atoms with E-state index in [-0.39, 0.29) is 0 Å². The lowest BCUT2D eigenvalue weighted by Crippen LogP contribution is -2.47. The van der Waals surface area contributed by atoms with Gasteiger partial charge in [-0.3, -0.25) is 9.69 Å². The van der Waals surface area contributed by atoms with Crippen molar-refractivity contribution in [3.8, 4) is 0 Å². The molecule has 1 aliphatic carbocycles. The zero-order valence-corrected chi connectivity index (χ0v) is 12.8. The first kappa shape index (κ1) is 14.3. The van der Waals surface area contributed by atoms with E-state index >= 15 is 0 Å². The number of rotatable bonds is 4. The van der Waals surface area contributed by atoms with Gasteiger partial charge in [-0.15, -0.1) is 0 Å². The van der Waals surface area contributed by atoms with E-state index in [1.54, 1.807) is 0 Å². The standard InChI is InChI=1S/C16H29N3O/c1-2-19-10-4-3-5-13(19)12-18-15(20)14-11-16(14)6-8-17-9-7-16/h13-14,17H,2-12H2,1H3,(H,18,20). The molecule has 2 aliphatic heterocycles. The van der Waals surface area contributed by atoms with Crippen LogP contribution in [0.2, 0.25) is 0 Å². The second kappa shape index (κ2) is 6.02. The summed E-state index contributed by atoms with van der Waals surface area (Å²) in [7, 11) is 0. The summed E-state index contributed by atoms with van der Waals surface area (Å²) < 4.78 is 0. The van der Waals surface area contributed by atoms with Crippen LogP contribution in [0, 0.1) is 11.3 Å². The lowest BCUT2D eigenvalue weighted by atomic mass is 9.91. The highest BCUT2D eigenvalue weighted by Gasteiger charge is 2.57. The van der Waals surface area contributed by atoms with Crippen molar-refractivity contribution in [2.75, 3.05) is 32.7 Å². The van der Waals surface area contributed by atoms with Crippen LogP contribution in [0.4, 0.5) is 0 Å². The van der Waals surface area contributed by atoms with E-state index in [1.165, 1.54) is 38.6 Å². The Morgan fingerprint density at radius 2 is 2.15 bits per heavy atom. The number of amides is 1. The molecule has 20 heavy (non-hydrogen) atoms. The van der Waals surface area contributed by atoms with Crippen molar-refractivity contribution in [3.05, 3.63) is 0 Å². The monoisotopic (exact) mass is 279 g/mol. The Hall–Kier alpha value is -0.610. The molecule has 0 aromatic rings. The van der Waals surface area contributed by atoms with Gasteiger partial charge in [-0.2, -0.15) is 0 Å². The number of carbonyl (C=O) groups is 1. The molecule has 2 heterocycles. The average Bonchev–Trinajstić information content (AvgIpc) is 3.19. The van der Waals surface area contributed by atoms with E-state index in [2.05, 4.69) is 22.5 Å². The fourth-order valence-corrected chi connectivity index (χ4v) is 4.24. The third kappa shape index (κ3) is 2.86. The summed E-state index contributed by atoms with van der Waals surface area (Å²) in [6.07, 6.45) is 7.38. The molecule has 0 bridgehead atoms. The summed E-state index contributed by atoms with van der Waals surface area (Å²) in [6, 6.07) is 0.570. The first-order chi connectivity index (χ1) is 9.75. The molecule has 2 saturated heterocycles. The van der Waals surface area contributed by atoms with Crippen molar-refractivity contribution < 1.29 is 4.79 Å². The Balaban J connectivity index is 1.45. The Labute approximate surface area is 122 Å². The Kier molecular flexibility index (Phi) is 4.32. The lowest BCUT2D eigenvalue weighted by Gasteiger charge is -2.35. The second-order valence-corrected chi connectivity index (χ2v) is 6.89. The van der Waals surface area contributed by atoms with Gasteiger partial charge in [-0.25, -0.2) is 0 Å². The van der Waals surface area contributed by atoms with Crippen LogP contribution >= 0.6 is 0 Å². The summed E-state index contributed by atoms with van der Waals surface area (Å²) >= 11 is 0. The Morgan fingerprint density at radius 1 is 1.35 bits per heavy atom. The zero-order chi connectivity index (χ0) is 14.0. The molecule has 0 aromatic carbocycles. The summed E-state index contributed by atoms with van der Waals surface area (Å²) in [5.74, 6) is 0.636. The normalized spacial score (nSPS) is 33.0. The molecule has 3 aliphatic rings. The van der Waals surface area contributed by atoms with Gasteiger partial charge in [0.2, 0.25) is 5.91 Å². The smallest absolute Gasteiger partial charge is 0.223 e. The fraction of sp³-hybridized carbons (Fsp3) is 0.938. The molecule has 1 spiro atoms. The molecular weight excluding hydrogens is 250 g/mol. The van der Waals surface area contributed by atoms with E-state index in [0.717, 1.165) is 32.6 Å². The zero-order valence-electron chi connectivity index (χ0n) is 12.8. The third-order valence-corrected chi connectivity index (χ3v) is 5.77. The molecule has 1 saturated carbocycles. The van der Waals surface area contributed by atoms with Gasteiger partial charge >= 0.3 is 0 Å². The van der Waals surface area contributed by atoms with E-state index in [0.29, 0.717) is 23.3 Å². The van der Waals surface area contributed by atoms with Crippen LogP contribution in [0.1, 0.15) is 45.4 Å². The number of hydrogen-bond acceptors (Lipinski definition) is 3. The SMILES string of the molecule is CCN1CCCCC1CNC(=O)C1CC12CCNCC2. The molecule has 0 radical (unpaired) electrons. The fourth-order valence-electron chi connectivity index (χ4n) is 4.24. The van der Waals surface area contributed by atoms with E-state index in [9.17, 15) is 4.79 Å². The van der Waals surface area contributed by atoms with Gasteiger partial charge in [0, 0.05) is 18.5 Å². The molecule has 0 aromatic heterocycles. The molecule has 4 heteroatoms. The van der Waals surface area contributed by atoms with Crippen molar-refractivity contribution in [2.45, 2.75) is 51.5 Å². The molecule has 3 fully saturated rings. The van der Waals surface area contributed by atoms with Gasteiger partial charge in [-0.05, 0) is 63.7 Å². The molecular formula is C16H29N3O. The summed E-state index contributed by atoms with van der Waals surface area (Å²) in [5, 5.41) is 6.65. The predicted molar refractivity (Wildman–Crippen MR) is 80.5 cm³/mol. The first-order valence-corrected chi connectivity index (χ1v) is 8.48. The predicted octanol–water partition coefficient (Wildman–Crippen LogP) is 1.37. The highest BCUT2D eigenvalue weighted by atomic mass is 16.2. The number of nitrogens with zero attached hydrogens (tertiary/aromatic N) is 1. The molecule has 4 nitrogen and oxygen atoms in total. The highest BCUT2D eigenvalue weighted by Crippen LogP contribution is 2.58. The number of nitrogens with one attached hydrogen (secondary N) is 2. The summed E-state index contributed by atoms with van der Waals surface area (Å²) in [5.41, 5.74) is 0.367. The van der Waals surface area contributed by atoms with Crippen LogP contribution in [0.25, 0.3) is 0 Å². The molecule has 1 amide bonds. The Bertz CT molecular complexity index is 352. The minimum absolute atomic E-state index is 0.309. The van der Waals surface area contributed by atoms with Gasteiger partial charge in [0.15, 0.2) is 0 Å². The molecule has 3 rings (SSSR count). The highest BCUT2D eigenvalue weighted by molar-refractivity contribution is 5.82. The van der Waals surface area contributed by atoms with Crippen LogP contribution in [-0.4, -0.2) is 49.6 Å². The van der Waals surface area contributed by atoms with Gasteiger partial charge in [0.05, 0.1) is 0 Å². The number of carbonyl (C=O) groups excluding carboxylic acids is 1. The van der Waals surface area contributed by atoms with Gasteiger partial charge in [-0.1, -0.05) is 13.3 Å². The maximum absolute atomic E-state index is 12.4. The van der Waals surface area contributed by atoms with Crippen molar-refractivity contribution >= 4 is 5.91 Å². The second-order valence-electron chi connectivity index (χ2n) is 6.89. The van der Waals surface area contributed by atoms with Crippen molar-refractivity contribution in [1.29, 1.82) is 0 Å². The maximum atomic E-state index is 12.4. The topological polar surface area (TPSA) is 44.4 Å². The molecule has 114 valence electrons. The molecule has 2 atom stereocenters. The van der Waals surface area contributed by atoms with Gasteiger partial charge in [0.25, 0.3) is 0 Å². The van der Waals surface area contributed by atoms with Gasteiger partial charge < -0.3 is 10.6 Å². The van der Waals surface area contributed by atoms with Crippen molar-refractivity contribution in [2.24, 2.45) is 11.3 Å². The lowest BCUT2D eigenvalue weighted by molar-refractivity contribution is -0.123. The Morgan fingerprint density at radius 3 is 2.90 bits per heavy atom. The quantitative estimate of drug-likeness (QED) is 0.817. The van der Waals surface area contributed by atoms with Crippen LogP contribution in [0.3, 0.4) is 0 Å². The van der Waals surface area contributed by atoms with E-state index < -0.39 is 0 Å². The van der Waals surface area contributed by atoms with Crippen molar-refractivity contribution in [3.63, 3.8) is 0 Å². The number of likely N-dealkylation sites (tertiary alicyclic amines) is 1. The van der Waals surface area contributed by atoms with Crippen molar-refractivity contribution in [1.82, 2.24) is 15.5 Å². The average molecular weight is 279 g/mol. The van der Waals surface area contributed by atoms with E-state index in [4.69, 9.17) is 0 Å². The molecule has 2 N–H and O–H groups in total. The first-order valence-electron chi connectivity index (χ1n) is 8.48. The third-order valence-electron chi connectivity index (χ3n) is 5.77. The van der Waals surface area contributed by atoms with Crippen LogP contribution in [-0.2, 0) is 4.79 Å². The number of piperidine rings is 2. The summed E-state index contributed by atoms with van der Waals surface area (Å²) in [6.45, 7) is 7.59.